The summed E-state index contributed by atoms with van der Waals surface area (Å²) in [6, 6.07) is 0. The third-order valence-electron chi connectivity index (χ3n) is 1.98. The van der Waals surface area contributed by atoms with Crippen molar-refractivity contribution in [3.8, 4) is 0 Å². The van der Waals surface area contributed by atoms with Crippen LogP contribution in [0.5, 0.6) is 0 Å². The second-order valence-electron chi connectivity index (χ2n) is 4.66. The molecular formula is C10H17BrN4. The molecule has 0 saturated heterocycles. The lowest BCUT2D eigenvalue weighted by Gasteiger charge is -2.18. The van der Waals surface area contributed by atoms with E-state index >= 15 is 0 Å². The van der Waals surface area contributed by atoms with Crippen molar-refractivity contribution in [2.24, 2.45) is 5.41 Å². The molecule has 0 amide bonds. The molecule has 0 saturated carbocycles. The van der Waals surface area contributed by atoms with E-state index in [0.29, 0.717) is 11.2 Å². The predicted molar refractivity (Wildman–Crippen MR) is 66.7 cm³/mol. The first-order valence-corrected chi connectivity index (χ1v) is 5.69. The van der Waals surface area contributed by atoms with Crippen molar-refractivity contribution in [3.05, 3.63) is 10.8 Å². The van der Waals surface area contributed by atoms with Gasteiger partial charge in [-0.1, -0.05) is 20.8 Å². The lowest BCUT2D eigenvalue weighted by molar-refractivity contribution is 0.389. The molecule has 0 aromatic carbocycles. The summed E-state index contributed by atoms with van der Waals surface area (Å²) in [7, 11) is 0. The molecule has 84 valence electrons. The zero-order valence-electron chi connectivity index (χ0n) is 9.34. The highest BCUT2D eigenvalue weighted by atomic mass is 79.9. The first-order valence-electron chi connectivity index (χ1n) is 4.90. The van der Waals surface area contributed by atoms with Crippen molar-refractivity contribution in [1.29, 1.82) is 0 Å². The van der Waals surface area contributed by atoms with Gasteiger partial charge in [0.15, 0.2) is 0 Å². The summed E-state index contributed by atoms with van der Waals surface area (Å²) in [6.07, 6.45) is 2.53. The van der Waals surface area contributed by atoms with E-state index in [1.165, 1.54) is 6.33 Å². The van der Waals surface area contributed by atoms with Crippen LogP contribution in [0.3, 0.4) is 0 Å². The van der Waals surface area contributed by atoms with Crippen molar-refractivity contribution in [2.75, 3.05) is 17.6 Å². The molecule has 0 aliphatic rings. The summed E-state index contributed by atoms with van der Waals surface area (Å²) < 4.78 is 0.735. The third-order valence-corrected chi connectivity index (χ3v) is 2.77. The maximum atomic E-state index is 5.64. The van der Waals surface area contributed by atoms with Gasteiger partial charge >= 0.3 is 0 Å². The molecule has 1 aromatic heterocycles. The Hall–Kier alpha value is -0.840. The van der Waals surface area contributed by atoms with Crippen LogP contribution in [0.4, 0.5) is 11.6 Å². The van der Waals surface area contributed by atoms with E-state index in [1.807, 2.05) is 0 Å². The Labute approximate surface area is 98.8 Å². The van der Waals surface area contributed by atoms with Crippen LogP contribution < -0.4 is 11.1 Å². The van der Waals surface area contributed by atoms with Crippen molar-refractivity contribution < 1.29 is 0 Å². The van der Waals surface area contributed by atoms with E-state index in [2.05, 4.69) is 52.0 Å². The van der Waals surface area contributed by atoms with E-state index in [4.69, 9.17) is 5.73 Å². The Balaban J connectivity index is 2.55. The summed E-state index contributed by atoms with van der Waals surface area (Å²) >= 11 is 3.35. The number of halogens is 1. The highest BCUT2D eigenvalue weighted by molar-refractivity contribution is 9.10. The lowest BCUT2D eigenvalue weighted by Crippen LogP contribution is -2.14. The largest absolute Gasteiger partial charge is 0.383 e. The smallest absolute Gasteiger partial charge is 0.145 e. The monoisotopic (exact) mass is 272 g/mol. The average Bonchev–Trinajstić information content (AvgIpc) is 2.10. The number of anilines is 2. The summed E-state index contributed by atoms with van der Waals surface area (Å²) in [5.41, 5.74) is 5.96. The van der Waals surface area contributed by atoms with Gasteiger partial charge in [0.2, 0.25) is 0 Å². The molecule has 15 heavy (non-hydrogen) atoms. The number of rotatable bonds is 3. The molecule has 1 rings (SSSR count). The van der Waals surface area contributed by atoms with E-state index in [-0.39, 0.29) is 0 Å². The Morgan fingerprint density at radius 1 is 1.40 bits per heavy atom. The fraction of sp³-hybridized carbons (Fsp3) is 0.600. The Kier molecular flexibility index (Phi) is 3.90. The number of nitrogen functional groups attached to an aromatic ring is 1. The van der Waals surface area contributed by atoms with Crippen LogP contribution in [0.1, 0.15) is 27.2 Å². The summed E-state index contributed by atoms with van der Waals surface area (Å²) in [6.45, 7) is 7.49. The van der Waals surface area contributed by atoms with Crippen LogP contribution >= 0.6 is 15.9 Å². The van der Waals surface area contributed by atoms with Gasteiger partial charge in [0.25, 0.3) is 0 Å². The molecule has 4 nitrogen and oxygen atoms in total. The molecule has 0 spiro atoms. The molecule has 0 atom stereocenters. The maximum absolute atomic E-state index is 5.64. The predicted octanol–water partition coefficient (Wildman–Crippen LogP) is 2.67. The average molecular weight is 273 g/mol. The van der Waals surface area contributed by atoms with Crippen LogP contribution in [0.15, 0.2) is 10.8 Å². The van der Waals surface area contributed by atoms with Gasteiger partial charge in [-0.3, -0.25) is 0 Å². The van der Waals surface area contributed by atoms with E-state index in [1.54, 1.807) is 0 Å². The van der Waals surface area contributed by atoms with Gasteiger partial charge < -0.3 is 11.1 Å². The number of aromatic nitrogens is 2. The van der Waals surface area contributed by atoms with Crippen LogP contribution in [-0.2, 0) is 0 Å². The van der Waals surface area contributed by atoms with Crippen LogP contribution in [0.2, 0.25) is 0 Å². The zero-order valence-corrected chi connectivity index (χ0v) is 10.9. The number of hydrogen-bond acceptors (Lipinski definition) is 4. The van der Waals surface area contributed by atoms with Crippen molar-refractivity contribution in [1.82, 2.24) is 9.97 Å². The Bertz CT molecular complexity index is 333. The number of nitrogens with two attached hydrogens (primary N) is 1. The van der Waals surface area contributed by atoms with Crippen LogP contribution in [0.25, 0.3) is 0 Å². The van der Waals surface area contributed by atoms with Gasteiger partial charge in [-0.05, 0) is 27.8 Å². The van der Waals surface area contributed by atoms with Gasteiger partial charge in [-0.15, -0.1) is 0 Å². The van der Waals surface area contributed by atoms with E-state index < -0.39 is 0 Å². The Morgan fingerprint density at radius 2 is 2.07 bits per heavy atom. The lowest BCUT2D eigenvalue weighted by atomic mass is 9.92. The molecule has 3 N–H and O–H groups in total. The first-order chi connectivity index (χ1) is 6.90. The van der Waals surface area contributed by atoms with E-state index in [9.17, 15) is 0 Å². The second-order valence-corrected chi connectivity index (χ2v) is 5.45. The molecule has 0 aliphatic carbocycles. The highest BCUT2D eigenvalue weighted by Crippen LogP contribution is 2.25. The first kappa shape index (κ1) is 12.2. The van der Waals surface area contributed by atoms with Gasteiger partial charge in [0, 0.05) is 6.54 Å². The minimum absolute atomic E-state index is 0.318. The minimum atomic E-state index is 0.318. The molecular weight excluding hydrogens is 256 g/mol. The fourth-order valence-electron chi connectivity index (χ4n) is 1.06. The normalized spacial score (nSPS) is 11.5. The van der Waals surface area contributed by atoms with Crippen LogP contribution in [0, 0.1) is 5.41 Å². The zero-order chi connectivity index (χ0) is 11.5. The van der Waals surface area contributed by atoms with Gasteiger partial charge in [-0.25, -0.2) is 9.97 Å². The molecule has 0 fully saturated rings. The van der Waals surface area contributed by atoms with Gasteiger partial charge in [0.1, 0.15) is 22.4 Å². The minimum Gasteiger partial charge on any atom is -0.383 e. The third kappa shape index (κ3) is 4.03. The number of nitrogens with zero attached hydrogens (tertiary/aromatic N) is 2. The van der Waals surface area contributed by atoms with E-state index in [0.717, 1.165) is 23.3 Å². The summed E-state index contributed by atoms with van der Waals surface area (Å²) in [5, 5.41) is 3.23. The standard InChI is InChI=1S/C10H17BrN4/c1-10(2,3)4-5-13-9-7(11)8(12)14-6-15-9/h6H,4-5H2,1-3H3,(H3,12,13,14,15). The Morgan fingerprint density at radius 3 is 2.67 bits per heavy atom. The molecule has 0 bridgehead atoms. The molecule has 1 heterocycles. The molecule has 0 radical (unpaired) electrons. The van der Waals surface area contributed by atoms with Crippen LogP contribution in [-0.4, -0.2) is 16.5 Å². The maximum Gasteiger partial charge on any atom is 0.145 e. The number of nitrogens with one attached hydrogen (secondary N) is 1. The molecule has 0 unspecified atom stereocenters. The molecule has 1 aromatic rings. The van der Waals surface area contributed by atoms with Crippen molar-refractivity contribution in [2.45, 2.75) is 27.2 Å². The van der Waals surface area contributed by atoms with Gasteiger partial charge in [0.05, 0.1) is 0 Å². The van der Waals surface area contributed by atoms with Crippen molar-refractivity contribution >= 4 is 27.6 Å². The van der Waals surface area contributed by atoms with Crippen molar-refractivity contribution in [3.63, 3.8) is 0 Å². The SMILES string of the molecule is CC(C)(C)CCNc1ncnc(N)c1Br. The summed E-state index contributed by atoms with van der Waals surface area (Å²) in [4.78, 5) is 7.99. The molecule has 0 aliphatic heterocycles. The fourth-order valence-corrected chi connectivity index (χ4v) is 1.41. The summed E-state index contributed by atoms with van der Waals surface area (Å²) in [5.74, 6) is 1.22. The topological polar surface area (TPSA) is 63.8 Å². The highest BCUT2D eigenvalue weighted by Gasteiger charge is 2.10. The molecule has 5 heteroatoms. The number of hydrogen-bond donors (Lipinski definition) is 2. The van der Waals surface area contributed by atoms with Gasteiger partial charge in [-0.2, -0.15) is 0 Å². The second kappa shape index (κ2) is 4.79. The quantitative estimate of drug-likeness (QED) is 0.888.